The highest BCUT2D eigenvalue weighted by Gasteiger charge is 2.26. The summed E-state index contributed by atoms with van der Waals surface area (Å²) in [6.07, 6.45) is 3.33. The Bertz CT molecular complexity index is 413. The zero-order chi connectivity index (χ0) is 11.7. The summed E-state index contributed by atoms with van der Waals surface area (Å²) in [5.74, 6) is -0.0899. The summed E-state index contributed by atoms with van der Waals surface area (Å²) in [4.78, 5) is 13.8. The third-order valence-corrected chi connectivity index (χ3v) is 3.22. The number of amides is 1. The van der Waals surface area contributed by atoms with Crippen molar-refractivity contribution in [3.63, 3.8) is 0 Å². The maximum atomic E-state index is 12.0. The van der Waals surface area contributed by atoms with Crippen LogP contribution in [-0.2, 0) is 0 Å². The smallest absolute Gasteiger partial charge is 0.253 e. The van der Waals surface area contributed by atoms with Gasteiger partial charge in [0.05, 0.1) is 5.69 Å². The van der Waals surface area contributed by atoms with Crippen LogP contribution in [0.25, 0.3) is 0 Å². The summed E-state index contributed by atoms with van der Waals surface area (Å²) in [5, 5.41) is 9.44. The molecule has 1 aromatic carbocycles. The number of rotatable bonds is 2. The Kier molecular flexibility index (Phi) is 2.73. The minimum Gasteiger partial charge on any atom is -0.506 e. The molecular weight excluding hydrogens is 204 g/mol. The molecule has 0 spiro atoms. The van der Waals surface area contributed by atoms with Gasteiger partial charge in [-0.15, -0.1) is 0 Å². The third-order valence-electron chi connectivity index (χ3n) is 3.22. The second kappa shape index (κ2) is 4.04. The fourth-order valence-electron chi connectivity index (χ4n) is 1.82. The zero-order valence-electron chi connectivity index (χ0n) is 9.31. The first kappa shape index (κ1) is 10.8. The highest BCUT2D eigenvalue weighted by Crippen LogP contribution is 2.26. The molecule has 16 heavy (non-hydrogen) atoms. The van der Waals surface area contributed by atoms with Crippen LogP contribution in [0.3, 0.4) is 0 Å². The van der Waals surface area contributed by atoms with Crippen LogP contribution in [0, 0.1) is 0 Å². The number of benzene rings is 1. The third kappa shape index (κ3) is 1.83. The van der Waals surface area contributed by atoms with E-state index in [1.165, 1.54) is 12.5 Å². The molecule has 4 nitrogen and oxygen atoms in total. The van der Waals surface area contributed by atoms with Gasteiger partial charge in [-0.1, -0.05) is 0 Å². The van der Waals surface area contributed by atoms with Crippen molar-refractivity contribution in [1.29, 1.82) is 0 Å². The van der Waals surface area contributed by atoms with E-state index >= 15 is 0 Å². The van der Waals surface area contributed by atoms with Gasteiger partial charge in [-0.2, -0.15) is 0 Å². The summed E-state index contributed by atoms with van der Waals surface area (Å²) in [7, 11) is 1.81. The summed E-state index contributed by atoms with van der Waals surface area (Å²) in [6, 6.07) is 4.98. The number of nitrogens with zero attached hydrogens (tertiary/aromatic N) is 1. The molecule has 86 valence electrons. The van der Waals surface area contributed by atoms with Crippen molar-refractivity contribution in [3.05, 3.63) is 23.8 Å². The maximum Gasteiger partial charge on any atom is 0.253 e. The molecule has 1 aromatic rings. The van der Waals surface area contributed by atoms with E-state index in [9.17, 15) is 9.90 Å². The Labute approximate surface area is 94.7 Å². The summed E-state index contributed by atoms with van der Waals surface area (Å²) in [5.41, 5.74) is 6.27. The minimum atomic E-state index is -0.0556. The van der Waals surface area contributed by atoms with Gasteiger partial charge in [0.15, 0.2) is 0 Å². The number of carbonyl (C=O) groups is 1. The predicted octanol–water partition coefficient (Wildman–Crippen LogP) is 1.60. The zero-order valence-corrected chi connectivity index (χ0v) is 9.31. The molecule has 0 atom stereocenters. The van der Waals surface area contributed by atoms with Crippen LogP contribution in [0.1, 0.15) is 29.6 Å². The molecule has 1 aliphatic carbocycles. The maximum absolute atomic E-state index is 12.0. The quantitative estimate of drug-likeness (QED) is 0.587. The van der Waals surface area contributed by atoms with Crippen molar-refractivity contribution in [3.8, 4) is 5.75 Å². The van der Waals surface area contributed by atoms with Gasteiger partial charge in [0.25, 0.3) is 5.91 Å². The fourth-order valence-corrected chi connectivity index (χ4v) is 1.82. The predicted molar refractivity (Wildman–Crippen MR) is 62.3 cm³/mol. The molecule has 1 amide bonds. The van der Waals surface area contributed by atoms with Crippen molar-refractivity contribution < 1.29 is 9.90 Å². The number of phenols is 1. The number of phenolic OH excluding ortho intramolecular Hbond substituents is 1. The van der Waals surface area contributed by atoms with Gasteiger partial charge in [-0.05, 0) is 37.5 Å². The number of hydrogen-bond acceptors (Lipinski definition) is 3. The standard InChI is InChI=1S/C12H16N2O2/c1-14(9-3-2-4-9)12(16)8-5-6-10(13)11(15)7-8/h5-7,9,15H,2-4,13H2,1H3. The van der Waals surface area contributed by atoms with Gasteiger partial charge >= 0.3 is 0 Å². The second-order valence-electron chi connectivity index (χ2n) is 4.27. The molecule has 0 heterocycles. The van der Waals surface area contributed by atoms with Crippen LogP contribution in [-0.4, -0.2) is 29.0 Å². The van der Waals surface area contributed by atoms with Gasteiger partial charge in [0.1, 0.15) is 5.75 Å². The molecule has 0 aliphatic heterocycles. The topological polar surface area (TPSA) is 66.6 Å². The van der Waals surface area contributed by atoms with Crippen LogP contribution in [0.2, 0.25) is 0 Å². The Balaban J connectivity index is 2.16. The lowest BCUT2D eigenvalue weighted by molar-refractivity contribution is 0.0651. The number of carbonyl (C=O) groups excluding carboxylic acids is 1. The monoisotopic (exact) mass is 220 g/mol. The van der Waals surface area contributed by atoms with Crippen molar-refractivity contribution in [1.82, 2.24) is 4.90 Å². The molecule has 0 unspecified atom stereocenters. The first-order valence-electron chi connectivity index (χ1n) is 5.45. The molecule has 2 rings (SSSR count). The van der Waals surface area contributed by atoms with Crippen LogP contribution in [0.4, 0.5) is 5.69 Å². The Hall–Kier alpha value is -1.71. The highest BCUT2D eigenvalue weighted by atomic mass is 16.3. The summed E-state index contributed by atoms with van der Waals surface area (Å²) < 4.78 is 0. The SMILES string of the molecule is CN(C(=O)c1ccc(N)c(O)c1)C1CCC1. The average molecular weight is 220 g/mol. The molecule has 1 saturated carbocycles. The van der Waals surface area contributed by atoms with E-state index in [1.54, 1.807) is 24.1 Å². The Morgan fingerprint density at radius 3 is 2.69 bits per heavy atom. The minimum absolute atomic E-state index is 0.0344. The van der Waals surface area contributed by atoms with Crippen molar-refractivity contribution in [2.24, 2.45) is 0 Å². The van der Waals surface area contributed by atoms with Crippen LogP contribution in [0.15, 0.2) is 18.2 Å². The summed E-state index contributed by atoms with van der Waals surface area (Å²) >= 11 is 0. The summed E-state index contributed by atoms with van der Waals surface area (Å²) in [6.45, 7) is 0. The normalized spacial score (nSPS) is 15.6. The lowest BCUT2D eigenvalue weighted by Crippen LogP contribution is -2.41. The van der Waals surface area contributed by atoms with Crippen LogP contribution < -0.4 is 5.73 Å². The first-order chi connectivity index (χ1) is 7.59. The van der Waals surface area contributed by atoms with Crippen LogP contribution >= 0.6 is 0 Å². The molecule has 0 bridgehead atoms. The molecule has 3 N–H and O–H groups in total. The number of anilines is 1. The van der Waals surface area contributed by atoms with Gasteiger partial charge in [-0.25, -0.2) is 0 Å². The Morgan fingerprint density at radius 2 is 2.19 bits per heavy atom. The molecule has 0 radical (unpaired) electrons. The number of hydrogen-bond donors (Lipinski definition) is 2. The number of nitrogens with two attached hydrogens (primary N) is 1. The molecular formula is C12H16N2O2. The van der Waals surface area contributed by atoms with Gasteiger partial charge in [0.2, 0.25) is 0 Å². The van der Waals surface area contributed by atoms with E-state index in [0.29, 0.717) is 17.3 Å². The van der Waals surface area contributed by atoms with Gasteiger partial charge in [-0.3, -0.25) is 4.79 Å². The highest BCUT2D eigenvalue weighted by molar-refractivity contribution is 5.95. The fraction of sp³-hybridized carbons (Fsp3) is 0.417. The number of aromatic hydroxyl groups is 1. The second-order valence-corrected chi connectivity index (χ2v) is 4.27. The molecule has 1 fully saturated rings. The molecule has 0 saturated heterocycles. The lowest BCUT2D eigenvalue weighted by atomic mass is 9.91. The Morgan fingerprint density at radius 1 is 1.50 bits per heavy atom. The van der Waals surface area contributed by atoms with Gasteiger partial charge in [0, 0.05) is 18.7 Å². The number of nitrogen functional groups attached to an aromatic ring is 1. The van der Waals surface area contributed by atoms with Crippen molar-refractivity contribution >= 4 is 11.6 Å². The van der Waals surface area contributed by atoms with E-state index in [1.807, 2.05) is 0 Å². The first-order valence-corrected chi connectivity index (χ1v) is 5.45. The van der Waals surface area contributed by atoms with Crippen molar-refractivity contribution in [2.75, 3.05) is 12.8 Å². The lowest BCUT2D eigenvalue weighted by Gasteiger charge is -2.34. The van der Waals surface area contributed by atoms with E-state index in [2.05, 4.69) is 0 Å². The molecule has 1 aliphatic rings. The van der Waals surface area contributed by atoms with Crippen LogP contribution in [0.5, 0.6) is 5.75 Å². The van der Waals surface area contributed by atoms with Crippen molar-refractivity contribution in [2.45, 2.75) is 25.3 Å². The molecule has 0 aromatic heterocycles. The van der Waals surface area contributed by atoms with E-state index < -0.39 is 0 Å². The van der Waals surface area contributed by atoms with E-state index in [0.717, 1.165) is 12.8 Å². The molecule has 4 heteroatoms. The van der Waals surface area contributed by atoms with E-state index in [4.69, 9.17) is 5.73 Å². The largest absolute Gasteiger partial charge is 0.506 e. The van der Waals surface area contributed by atoms with E-state index in [-0.39, 0.29) is 11.7 Å². The average Bonchev–Trinajstić information content (AvgIpc) is 2.18. The van der Waals surface area contributed by atoms with Gasteiger partial charge < -0.3 is 15.7 Å².